The fourth-order valence-electron chi connectivity index (χ4n) is 1.77. The molecular formula is C10H16O. The maximum Gasteiger partial charge on any atom is 0.136 e. The van der Waals surface area contributed by atoms with Gasteiger partial charge in [0.25, 0.3) is 0 Å². The molecule has 62 valence electrons. The molecule has 1 unspecified atom stereocenters. The summed E-state index contributed by atoms with van der Waals surface area (Å²) in [6.45, 7) is 4.39. The molecule has 1 atom stereocenters. The van der Waals surface area contributed by atoms with Crippen LogP contribution in [0.4, 0.5) is 0 Å². The first-order valence-electron chi connectivity index (χ1n) is 4.62. The third-order valence-corrected chi connectivity index (χ3v) is 3.09. The molecule has 2 aliphatic carbocycles. The van der Waals surface area contributed by atoms with E-state index < -0.39 is 0 Å². The molecule has 0 heterocycles. The highest BCUT2D eigenvalue weighted by Crippen LogP contribution is 2.53. The zero-order chi connectivity index (χ0) is 8.06. The fraction of sp³-hybridized carbons (Fsp3) is 0.900. The van der Waals surface area contributed by atoms with Gasteiger partial charge in [-0.25, -0.2) is 0 Å². The molecule has 2 saturated carbocycles. The Morgan fingerprint density at radius 3 is 2.36 bits per heavy atom. The van der Waals surface area contributed by atoms with Crippen LogP contribution in [0, 0.1) is 17.3 Å². The quantitative estimate of drug-likeness (QED) is 0.607. The van der Waals surface area contributed by atoms with Crippen molar-refractivity contribution in [2.24, 2.45) is 17.3 Å². The van der Waals surface area contributed by atoms with Crippen LogP contribution in [0.5, 0.6) is 0 Å². The van der Waals surface area contributed by atoms with Gasteiger partial charge in [0.15, 0.2) is 0 Å². The van der Waals surface area contributed by atoms with Gasteiger partial charge in [-0.05, 0) is 30.6 Å². The maximum absolute atomic E-state index is 11.5. The molecule has 0 aromatic carbocycles. The van der Waals surface area contributed by atoms with Gasteiger partial charge in [-0.3, -0.25) is 4.79 Å². The maximum atomic E-state index is 11.5. The van der Waals surface area contributed by atoms with Gasteiger partial charge in [0.05, 0.1) is 0 Å². The van der Waals surface area contributed by atoms with Gasteiger partial charge in [-0.1, -0.05) is 13.8 Å². The highest BCUT2D eigenvalue weighted by molar-refractivity contribution is 5.84. The predicted octanol–water partition coefficient (Wildman–Crippen LogP) is 2.40. The van der Waals surface area contributed by atoms with E-state index in [2.05, 4.69) is 13.8 Å². The summed E-state index contributed by atoms with van der Waals surface area (Å²) >= 11 is 0. The van der Waals surface area contributed by atoms with Crippen molar-refractivity contribution >= 4 is 5.78 Å². The monoisotopic (exact) mass is 152 g/mol. The van der Waals surface area contributed by atoms with Gasteiger partial charge < -0.3 is 0 Å². The number of carbonyl (C=O) groups excluding carboxylic acids is 1. The average Bonchev–Trinajstić information content (AvgIpc) is 2.71. The van der Waals surface area contributed by atoms with Crippen LogP contribution in [0.2, 0.25) is 0 Å². The summed E-state index contributed by atoms with van der Waals surface area (Å²) in [5.41, 5.74) is 0.353. The fourth-order valence-corrected chi connectivity index (χ4v) is 1.77. The van der Waals surface area contributed by atoms with Crippen LogP contribution in [0.3, 0.4) is 0 Å². The van der Waals surface area contributed by atoms with Crippen LogP contribution < -0.4 is 0 Å². The molecular weight excluding hydrogens is 136 g/mol. The van der Waals surface area contributed by atoms with Crippen LogP contribution >= 0.6 is 0 Å². The third-order valence-electron chi connectivity index (χ3n) is 3.09. The first-order chi connectivity index (χ1) is 5.09. The molecule has 2 fully saturated rings. The Balaban J connectivity index is 1.82. The van der Waals surface area contributed by atoms with Gasteiger partial charge in [0.1, 0.15) is 5.78 Å². The molecule has 0 radical (unpaired) electrons. The van der Waals surface area contributed by atoms with Crippen LogP contribution in [0.1, 0.15) is 39.5 Å². The Morgan fingerprint density at radius 1 is 1.45 bits per heavy atom. The van der Waals surface area contributed by atoms with Crippen molar-refractivity contribution in [2.45, 2.75) is 39.5 Å². The second kappa shape index (κ2) is 2.09. The van der Waals surface area contributed by atoms with E-state index >= 15 is 0 Å². The summed E-state index contributed by atoms with van der Waals surface area (Å²) in [5, 5.41) is 0. The standard InChI is InChI=1S/C10H16O/c1-10(2)6-8(10)9(11)5-7-3-4-7/h7-8H,3-6H2,1-2H3. The molecule has 1 heteroatoms. The van der Waals surface area contributed by atoms with Gasteiger partial charge in [0, 0.05) is 12.3 Å². The summed E-state index contributed by atoms with van der Waals surface area (Å²) in [6, 6.07) is 0. The van der Waals surface area contributed by atoms with Crippen LogP contribution in [0.25, 0.3) is 0 Å². The number of ketones is 1. The lowest BCUT2D eigenvalue weighted by Crippen LogP contribution is -2.06. The van der Waals surface area contributed by atoms with Gasteiger partial charge >= 0.3 is 0 Å². The van der Waals surface area contributed by atoms with Crippen molar-refractivity contribution in [2.75, 3.05) is 0 Å². The first-order valence-corrected chi connectivity index (χ1v) is 4.62. The van der Waals surface area contributed by atoms with Gasteiger partial charge in [-0.15, -0.1) is 0 Å². The molecule has 0 aromatic heterocycles. The topological polar surface area (TPSA) is 17.1 Å². The van der Waals surface area contributed by atoms with Crippen LogP contribution in [0.15, 0.2) is 0 Å². The smallest absolute Gasteiger partial charge is 0.136 e. The summed E-state index contributed by atoms with van der Waals surface area (Å²) in [7, 11) is 0. The largest absolute Gasteiger partial charge is 0.299 e. The van der Waals surface area contributed by atoms with Crippen molar-refractivity contribution in [3.63, 3.8) is 0 Å². The van der Waals surface area contributed by atoms with Crippen molar-refractivity contribution in [1.29, 1.82) is 0 Å². The van der Waals surface area contributed by atoms with E-state index in [1.807, 2.05) is 0 Å². The summed E-state index contributed by atoms with van der Waals surface area (Å²) in [5.74, 6) is 1.74. The molecule has 1 nitrogen and oxygen atoms in total. The first kappa shape index (κ1) is 7.33. The Morgan fingerprint density at radius 2 is 2.00 bits per heavy atom. The van der Waals surface area contributed by atoms with Crippen LogP contribution in [-0.4, -0.2) is 5.78 Å². The minimum atomic E-state index is 0.353. The van der Waals surface area contributed by atoms with E-state index in [-0.39, 0.29) is 0 Å². The molecule has 0 aliphatic heterocycles. The van der Waals surface area contributed by atoms with Gasteiger partial charge in [0.2, 0.25) is 0 Å². The summed E-state index contributed by atoms with van der Waals surface area (Å²) < 4.78 is 0. The third kappa shape index (κ3) is 1.47. The second-order valence-electron chi connectivity index (χ2n) is 4.86. The second-order valence-corrected chi connectivity index (χ2v) is 4.86. The summed E-state index contributed by atoms with van der Waals surface area (Å²) in [6.07, 6.45) is 4.63. The van der Waals surface area contributed by atoms with E-state index in [1.165, 1.54) is 12.8 Å². The van der Waals surface area contributed by atoms with Gasteiger partial charge in [-0.2, -0.15) is 0 Å². The van der Waals surface area contributed by atoms with E-state index in [4.69, 9.17) is 0 Å². The molecule has 0 N–H and O–H groups in total. The zero-order valence-electron chi connectivity index (χ0n) is 7.39. The van der Waals surface area contributed by atoms with Crippen LogP contribution in [-0.2, 0) is 4.79 Å². The molecule has 0 aromatic rings. The molecule has 2 rings (SSSR count). The SMILES string of the molecule is CC1(C)CC1C(=O)CC1CC1. The highest BCUT2D eigenvalue weighted by atomic mass is 16.1. The molecule has 2 aliphatic rings. The van der Waals surface area contributed by atoms with E-state index in [0.717, 1.165) is 18.8 Å². The minimum absolute atomic E-state index is 0.353. The van der Waals surface area contributed by atoms with E-state index in [9.17, 15) is 4.79 Å². The molecule has 0 spiro atoms. The van der Waals surface area contributed by atoms with Crippen molar-refractivity contribution in [3.05, 3.63) is 0 Å². The minimum Gasteiger partial charge on any atom is -0.299 e. The number of carbonyl (C=O) groups is 1. The normalized spacial score (nSPS) is 33.5. The average molecular weight is 152 g/mol. The molecule has 0 amide bonds. The zero-order valence-corrected chi connectivity index (χ0v) is 7.39. The van der Waals surface area contributed by atoms with Crippen molar-refractivity contribution < 1.29 is 4.79 Å². The molecule has 0 bridgehead atoms. The lowest BCUT2D eigenvalue weighted by molar-refractivity contribution is -0.121. The Hall–Kier alpha value is -0.330. The Bertz CT molecular complexity index is 189. The number of hydrogen-bond donors (Lipinski definition) is 0. The Labute approximate surface area is 68.2 Å². The van der Waals surface area contributed by atoms with Crippen molar-refractivity contribution in [1.82, 2.24) is 0 Å². The number of Topliss-reactive ketones (excluding diaryl/α,β-unsaturated/α-hetero) is 1. The summed E-state index contributed by atoms with van der Waals surface area (Å²) in [4.78, 5) is 11.5. The van der Waals surface area contributed by atoms with E-state index in [0.29, 0.717) is 17.1 Å². The lowest BCUT2D eigenvalue weighted by atomic mass is 10.0. The number of hydrogen-bond acceptors (Lipinski definition) is 1. The molecule has 0 saturated heterocycles. The lowest BCUT2D eigenvalue weighted by Gasteiger charge is -2.00. The number of rotatable bonds is 3. The molecule has 11 heavy (non-hydrogen) atoms. The van der Waals surface area contributed by atoms with Crippen molar-refractivity contribution in [3.8, 4) is 0 Å². The highest BCUT2D eigenvalue weighted by Gasteiger charge is 2.50. The predicted molar refractivity (Wildman–Crippen MR) is 44.2 cm³/mol. The Kier molecular flexibility index (Phi) is 1.39. The van der Waals surface area contributed by atoms with E-state index in [1.54, 1.807) is 0 Å².